The minimum atomic E-state index is -0.0311. The van der Waals surface area contributed by atoms with Gasteiger partial charge in [0.25, 0.3) is 0 Å². The third-order valence-electron chi connectivity index (χ3n) is 5.94. The van der Waals surface area contributed by atoms with E-state index in [-0.39, 0.29) is 12.1 Å². The molecule has 3 fully saturated rings. The highest BCUT2D eigenvalue weighted by Crippen LogP contribution is 2.36. The molecule has 3 unspecified atom stereocenters. The Labute approximate surface area is 150 Å². The van der Waals surface area contributed by atoms with Crippen LogP contribution >= 0.6 is 0 Å². The monoisotopic (exact) mass is 343 g/mol. The Morgan fingerprint density at radius 2 is 1.88 bits per heavy atom. The molecule has 136 valence electrons. The summed E-state index contributed by atoms with van der Waals surface area (Å²) in [5.41, 5.74) is 1.39. The fourth-order valence-corrected chi connectivity index (χ4v) is 4.69. The fraction of sp³-hybridized carbons (Fsp3) is 0.650. The zero-order chi connectivity index (χ0) is 17.1. The third-order valence-corrected chi connectivity index (χ3v) is 5.94. The van der Waals surface area contributed by atoms with E-state index in [9.17, 15) is 4.79 Å². The molecule has 0 radical (unpaired) electrons. The SMILES string of the molecule is O=C(NCC1CCCO1)NC1CC2CCC(C1)N2Cc1ccccc1. The summed E-state index contributed by atoms with van der Waals surface area (Å²) in [5, 5.41) is 6.18. The van der Waals surface area contributed by atoms with E-state index in [0.29, 0.717) is 24.7 Å². The predicted octanol–water partition coefficient (Wildman–Crippen LogP) is 2.66. The van der Waals surface area contributed by atoms with Crippen LogP contribution in [0.5, 0.6) is 0 Å². The molecule has 3 aliphatic rings. The minimum Gasteiger partial charge on any atom is -0.376 e. The van der Waals surface area contributed by atoms with Crippen LogP contribution in [0.2, 0.25) is 0 Å². The molecular formula is C20H29N3O2. The number of benzene rings is 1. The molecule has 2 bridgehead atoms. The van der Waals surface area contributed by atoms with Gasteiger partial charge in [0.15, 0.2) is 0 Å². The molecule has 3 saturated heterocycles. The smallest absolute Gasteiger partial charge is 0.315 e. The number of fused-ring (bicyclic) bond motifs is 2. The van der Waals surface area contributed by atoms with Crippen LogP contribution in [-0.4, -0.2) is 48.3 Å². The number of piperidine rings is 1. The molecule has 0 spiro atoms. The van der Waals surface area contributed by atoms with Crippen LogP contribution in [0.3, 0.4) is 0 Å². The highest BCUT2D eigenvalue weighted by atomic mass is 16.5. The standard InChI is InChI=1S/C20H29N3O2/c24-20(21-13-19-7-4-10-25-19)22-16-11-17-8-9-18(12-16)23(17)14-15-5-2-1-3-6-15/h1-3,5-6,16-19H,4,7-14H2,(H2,21,22,24). The van der Waals surface area contributed by atoms with Crippen molar-refractivity contribution in [1.29, 1.82) is 0 Å². The average Bonchev–Trinajstić information content (AvgIpc) is 3.21. The number of carbonyl (C=O) groups is 1. The second-order valence-corrected chi connectivity index (χ2v) is 7.70. The van der Waals surface area contributed by atoms with Gasteiger partial charge in [0.1, 0.15) is 0 Å². The van der Waals surface area contributed by atoms with Gasteiger partial charge in [-0.3, -0.25) is 4.90 Å². The molecule has 0 saturated carbocycles. The van der Waals surface area contributed by atoms with Gasteiger partial charge >= 0.3 is 6.03 Å². The highest BCUT2D eigenvalue weighted by molar-refractivity contribution is 5.74. The van der Waals surface area contributed by atoms with E-state index in [1.165, 1.54) is 18.4 Å². The van der Waals surface area contributed by atoms with Crippen molar-refractivity contribution in [1.82, 2.24) is 15.5 Å². The van der Waals surface area contributed by atoms with Crippen molar-refractivity contribution in [2.45, 2.75) is 69.3 Å². The van der Waals surface area contributed by atoms with Crippen molar-refractivity contribution in [2.24, 2.45) is 0 Å². The van der Waals surface area contributed by atoms with Gasteiger partial charge < -0.3 is 15.4 Å². The molecule has 3 atom stereocenters. The lowest BCUT2D eigenvalue weighted by Crippen LogP contribution is -2.52. The van der Waals surface area contributed by atoms with E-state index in [2.05, 4.69) is 45.9 Å². The Morgan fingerprint density at radius 3 is 2.56 bits per heavy atom. The number of carbonyl (C=O) groups excluding carboxylic acids is 1. The lowest BCUT2D eigenvalue weighted by molar-refractivity contribution is 0.105. The van der Waals surface area contributed by atoms with Crippen molar-refractivity contribution in [3.8, 4) is 0 Å². The van der Waals surface area contributed by atoms with E-state index < -0.39 is 0 Å². The lowest BCUT2D eigenvalue weighted by atomic mass is 9.96. The Kier molecular flexibility index (Phi) is 5.22. The first-order valence-electron chi connectivity index (χ1n) is 9.73. The van der Waals surface area contributed by atoms with Crippen LogP contribution in [0, 0.1) is 0 Å². The highest BCUT2D eigenvalue weighted by Gasteiger charge is 2.40. The van der Waals surface area contributed by atoms with Crippen LogP contribution < -0.4 is 10.6 Å². The first kappa shape index (κ1) is 16.9. The summed E-state index contributed by atoms with van der Waals surface area (Å²) in [6.07, 6.45) is 7.02. The first-order chi connectivity index (χ1) is 12.3. The zero-order valence-corrected chi connectivity index (χ0v) is 14.8. The summed E-state index contributed by atoms with van der Waals surface area (Å²) in [6, 6.07) is 12.2. The first-order valence-corrected chi connectivity index (χ1v) is 9.73. The van der Waals surface area contributed by atoms with Gasteiger partial charge in [-0.1, -0.05) is 30.3 Å². The lowest BCUT2D eigenvalue weighted by Gasteiger charge is -2.39. The Morgan fingerprint density at radius 1 is 1.12 bits per heavy atom. The van der Waals surface area contributed by atoms with Gasteiger partial charge in [0, 0.05) is 37.8 Å². The van der Waals surface area contributed by atoms with Gasteiger partial charge in [-0.2, -0.15) is 0 Å². The second-order valence-electron chi connectivity index (χ2n) is 7.70. The summed E-state index contributed by atoms with van der Waals surface area (Å²) < 4.78 is 5.56. The number of rotatable bonds is 5. The van der Waals surface area contributed by atoms with E-state index in [1.54, 1.807) is 0 Å². The predicted molar refractivity (Wildman–Crippen MR) is 97.3 cm³/mol. The van der Waals surface area contributed by atoms with Crippen LogP contribution in [0.15, 0.2) is 30.3 Å². The third kappa shape index (κ3) is 4.15. The van der Waals surface area contributed by atoms with Crippen molar-refractivity contribution < 1.29 is 9.53 Å². The molecule has 5 nitrogen and oxygen atoms in total. The molecule has 3 aliphatic heterocycles. The second kappa shape index (κ2) is 7.75. The summed E-state index contributed by atoms with van der Waals surface area (Å²) >= 11 is 0. The normalized spacial score (nSPS) is 31.8. The number of nitrogens with one attached hydrogen (secondary N) is 2. The molecule has 0 aromatic heterocycles. The Hall–Kier alpha value is -1.59. The number of nitrogens with zero attached hydrogens (tertiary/aromatic N) is 1. The van der Waals surface area contributed by atoms with Crippen LogP contribution in [0.25, 0.3) is 0 Å². The van der Waals surface area contributed by atoms with Crippen LogP contribution in [0.4, 0.5) is 4.79 Å². The average molecular weight is 343 g/mol. The molecule has 1 aromatic rings. The fourth-order valence-electron chi connectivity index (χ4n) is 4.69. The number of ether oxygens (including phenoxy) is 1. The van der Waals surface area contributed by atoms with Crippen molar-refractivity contribution >= 4 is 6.03 Å². The molecule has 2 amide bonds. The zero-order valence-electron chi connectivity index (χ0n) is 14.8. The van der Waals surface area contributed by atoms with Crippen molar-refractivity contribution in [3.63, 3.8) is 0 Å². The van der Waals surface area contributed by atoms with Gasteiger partial charge in [-0.25, -0.2) is 4.79 Å². The maximum absolute atomic E-state index is 12.2. The molecular weight excluding hydrogens is 314 g/mol. The van der Waals surface area contributed by atoms with E-state index in [1.807, 2.05) is 0 Å². The summed E-state index contributed by atoms with van der Waals surface area (Å²) in [5.74, 6) is 0. The maximum atomic E-state index is 12.2. The Bertz CT molecular complexity index is 560. The Balaban J connectivity index is 1.25. The van der Waals surface area contributed by atoms with E-state index in [4.69, 9.17) is 4.74 Å². The summed E-state index contributed by atoms with van der Waals surface area (Å²) in [7, 11) is 0. The van der Waals surface area contributed by atoms with Crippen LogP contribution in [-0.2, 0) is 11.3 Å². The molecule has 5 heteroatoms. The number of hydrogen-bond acceptors (Lipinski definition) is 3. The van der Waals surface area contributed by atoms with E-state index >= 15 is 0 Å². The van der Waals surface area contributed by atoms with Crippen molar-refractivity contribution in [2.75, 3.05) is 13.2 Å². The molecule has 3 heterocycles. The van der Waals surface area contributed by atoms with Gasteiger partial charge in [0.05, 0.1) is 6.10 Å². The largest absolute Gasteiger partial charge is 0.376 e. The molecule has 4 rings (SSSR count). The number of amides is 2. The molecule has 0 aliphatic carbocycles. The van der Waals surface area contributed by atoms with Gasteiger partial charge in [0.2, 0.25) is 0 Å². The summed E-state index contributed by atoms with van der Waals surface area (Å²) in [6.45, 7) is 2.50. The minimum absolute atomic E-state index is 0.0311. The number of hydrogen-bond donors (Lipinski definition) is 2. The molecule has 2 N–H and O–H groups in total. The number of urea groups is 1. The van der Waals surface area contributed by atoms with Crippen molar-refractivity contribution in [3.05, 3.63) is 35.9 Å². The van der Waals surface area contributed by atoms with Gasteiger partial charge in [-0.05, 0) is 44.1 Å². The quantitative estimate of drug-likeness (QED) is 0.864. The molecule has 1 aromatic carbocycles. The maximum Gasteiger partial charge on any atom is 0.315 e. The topological polar surface area (TPSA) is 53.6 Å². The summed E-state index contributed by atoms with van der Waals surface area (Å²) in [4.78, 5) is 14.8. The molecule has 25 heavy (non-hydrogen) atoms. The van der Waals surface area contributed by atoms with Crippen LogP contribution in [0.1, 0.15) is 44.1 Å². The van der Waals surface area contributed by atoms with Gasteiger partial charge in [-0.15, -0.1) is 0 Å². The van der Waals surface area contributed by atoms with E-state index in [0.717, 1.165) is 38.8 Å².